The minimum atomic E-state index is 0.691. The van der Waals surface area contributed by atoms with Gasteiger partial charge in [-0.25, -0.2) is 0 Å². The SMILES string of the molecule is CCCC(CCC)CN(C)C(C)C. The molecule has 0 fully saturated rings. The summed E-state index contributed by atoms with van der Waals surface area (Å²) in [7, 11) is 2.24. The van der Waals surface area contributed by atoms with Crippen LogP contribution in [-0.2, 0) is 0 Å². The zero-order valence-corrected chi connectivity index (χ0v) is 10.1. The Kier molecular flexibility index (Phi) is 7.35. The predicted molar refractivity (Wildman–Crippen MR) is 61.1 cm³/mol. The Morgan fingerprint density at radius 2 is 1.46 bits per heavy atom. The van der Waals surface area contributed by atoms with Crippen molar-refractivity contribution in [1.82, 2.24) is 4.90 Å². The standard InChI is InChI=1S/C12H27N/c1-6-8-12(9-7-2)10-13(5)11(3)4/h11-12H,6-10H2,1-5H3. The minimum absolute atomic E-state index is 0.691. The first-order valence-corrected chi connectivity index (χ1v) is 5.82. The summed E-state index contributed by atoms with van der Waals surface area (Å²) in [5.74, 6) is 0.919. The maximum absolute atomic E-state index is 2.47. The van der Waals surface area contributed by atoms with Crippen molar-refractivity contribution in [1.29, 1.82) is 0 Å². The Bertz CT molecular complexity index is 104. The summed E-state index contributed by atoms with van der Waals surface area (Å²) in [5.41, 5.74) is 0. The number of hydrogen-bond acceptors (Lipinski definition) is 1. The zero-order valence-electron chi connectivity index (χ0n) is 10.1. The van der Waals surface area contributed by atoms with Crippen molar-refractivity contribution in [2.75, 3.05) is 13.6 Å². The second-order valence-electron chi connectivity index (χ2n) is 4.48. The van der Waals surface area contributed by atoms with Gasteiger partial charge in [0.2, 0.25) is 0 Å². The molecule has 0 heterocycles. The van der Waals surface area contributed by atoms with Crippen LogP contribution in [-0.4, -0.2) is 24.5 Å². The van der Waals surface area contributed by atoms with Crippen LogP contribution < -0.4 is 0 Å². The summed E-state index contributed by atoms with van der Waals surface area (Å²) in [6.07, 6.45) is 5.45. The lowest BCUT2D eigenvalue weighted by molar-refractivity contribution is 0.216. The smallest absolute Gasteiger partial charge is 0.00356 e. The molecule has 0 N–H and O–H groups in total. The third-order valence-corrected chi connectivity index (χ3v) is 2.82. The number of hydrogen-bond donors (Lipinski definition) is 0. The van der Waals surface area contributed by atoms with Crippen LogP contribution in [0.3, 0.4) is 0 Å². The highest BCUT2D eigenvalue weighted by Crippen LogP contribution is 2.15. The van der Waals surface area contributed by atoms with Gasteiger partial charge in [-0.2, -0.15) is 0 Å². The van der Waals surface area contributed by atoms with E-state index in [0.29, 0.717) is 6.04 Å². The molecule has 0 saturated heterocycles. The van der Waals surface area contributed by atoms with Gasteiger partial charge in [-0.15, -0.1) is 0 Å². The van der Waals surface area contributed by atoms with Gasteiger partial charge in [-0.3, -0.25) is 0 Å². The highest BCUT2D eigenvalue weighted by Gasteiger charge is 2.11. The lowest BCUT2D eigenvalue weighted by atomic mass is 9.97. The molecule has 80 valence electrons. The van der Waals surface area contributed by atoms with Gasteiger partial charge < -0.3 is 4.90 Å². The molecule has 0 aromatic heterocycles. The van der Waals surface area contributed by atoms with Gasteiger partial charge in [0.05, 0.1) is 0 Å². The molecule has 0 rings (SSSR count). The van der Waals surface area contributed by atoms with E-state index in [0.717, 1.165) is 5.92 Å². The van der Waals surface area contributed by atoms with Gasteiger partial charge in [-0.1, -0.05) is 26.7 Å². The van der Waals surface area contributed by atoms with Gasteiger partial charge in [0, 0.05) is 12.6 Å². The lowest BCUT2D eigenvalue weighted by Gasteiger charge is -2.26. The molecule has 0 aromatic carbocycles. The largest absolute Gasteiger partial charge is 0.304 e. The van der Waals surface area contributed by atoms with Crippen molar-refractivity contribution in [2.45, 2.75) is 59.4 Å². The first-order chi connectivity index (χ1) is 6.11. The van der Waals surface area contributed by atoms with Gasteiger partial charge >= 0.3 is 0 Å². The van der Waals surface area contributed by atoms with E-state index in [1.165, 1.54) is 32.2 Å². The zero-order chi connectivity index (χ0) is 10.3. The molecule has 0 bridgehead atoms. The molecule has 0 aliphatic carbocycles. The summed E-state index contributed by atoms with van der Waals surface area (Å²) >= 11 is 0. The van der Waals surface area contributed by atoms with Crippen molar-refractivity contribution < 1.29 is 0 Å². The van der Waals surface area contributed by atoms with Gasteiger partial charge in [0.15, 0.2) is 0 Å². The molecule has 0 amide bonds. The topological polar surface area (TPSA) is 3.24 Å². The normalized spacial score (nSPS) is 12.0. The van der Waals surface area contributed by atoms with Gasteiger partial charge in [0.25, 0.3) is 0 Å². The third kappa shape index (κ3) is 6.09. The van der Waals surface area contributed by atoms with Gasteiger partial charge in [-0.05, 0) is 39.7 Å². The predicted octanol–water partition coefficient (Wildman–Crippen LogP) is 3.54. The molecule has 0 aliphatic heterocycles. The van der Waals surface area contributed by atoms with Crippen LogP contribution in [0.1, 0.15) is 53.4 Å². The maximum Gasteiger partial charge on any atom is 0.00356 e. The quantitative estimate of drug-likeness (QED) is 0.586. The van der Waals surface area contributed by atoms with Crippen molar-refractivity contribution >= 4 is 0 Å². The fraction of sp³-hybridized carbons (Fsp3) is 1.00. The van der Waals surface area contributed by atoms with E-state index < -0.39 is 0 Å². The first-order valence-electron chi connectivity index (χ1n) is 5.82. The molecule has 13 heavy (non-hydrogen) atoms. The molecular formula is C12H27N. The fourth-order valence-corrected chi connectivity index (χ4v) is 1.76. The van der Waals surface area contributed by atoms with E-state index >= 15 is 0 Å². The molecular weight excluding hydrogens is 158 g/mol. The van der Waals surface area contributed by atoms with Crippen molar-refractivity contribution in [3.8, 4) is 0 Å². The summed E-state index contributed by atoms with van der Waals surface area (Å²) in [6, 6.07) is 0.691. The summed E-state index contributed by atoms with van der Waals surface area (Å²) in [5, 5.41) is 0. The monoisotopic (exact) mass is 185 g/mol. The first kappa shape index (κ1) is 13.0. The minimum Gasteiger partial charge on any atom is -0.304 e. The van der Waals surface area contributed by atoms with Crippen molar-refractivity contribution in [3.63, 3.8) is 0 Å². The molecule has 0 unspecified atom stereocenters. The maximum atomic E-state index is 2.47. The van der Waals surface area contributed by atoms with E-state index in [4.69, 9.17) is 0 Å². The Balaban J connectivity index is 3.78. The average molecular weight is 185 g/mol. The van der Waals surface area contributed by atoms with Crippen LogP contribution >= 0.6 is 0 Å². The molecule has 1 heteroatoms. The molecule has 1 nitrogen and oxygen atoms in total. The van der Waals surface area contributed by atoms with E-state index in [-0.39, 0.29) is 0 Å². The average Bonchev–Trinajstić information content (AvgIpc) is 2.05. The summed E-state index contributed by atoms with van der Waals surface area (Å²) < 4.78 is 0. The van der Waals surface area contributed by atoms with E-state index in [1.54, 1.807) is 0 Å². The van der Waals surface area contributed by atoms with Crippen LogP contribution in [0.4, 0.5) is 0 Å². The third-order valence-electron chi connectivity index (χ3n) is 2.82. The molecule has 0 radical (unpaired) electrons. The molecule has 0 spiro atoms. The van der Waals surface area contributed by atoms with E-state index in [9.17, 15) is 0 Å². The van der Waals surface area contributed by atoms with Crippen molar-refractivity contribution in [2.24, 2.45) is 5.92 Å². The van der Waals surface area contributed by atoms with E-state index in [2.05, 4.69) is 39.6 Å². The molecule has 0 aliphatic rings. The van der Waals surface area contributed by atoms with E-state index in [1.807, 2.05) is 0 Å². The van der Waals surface area contributed by atoms with Crippen LogP contribution in [0.5, 0.6) is 0 Å². The highest BCUT2D eigenvalue weighted by molar-refractivity contribution is 4.65. The molecule has 0 atom stereocenters. The van der Waals surface area contributed by atoms with Crippen LogP contribution in [0.15, 0.2) is 0 Å². The lowest BCUT2D eigenvalue weighted by Crippen LogP contribution is -2.31. The number of nitrogens with zero attached hydrogens (tertiary/aromatic N) is 1. The van der Waals surface area contributed by atoms with Crippen molar-refractivity contribution in [3.05, 3.63) is 0 Å². The summed E-state index contributed by atoms with van der Waals surface area (Å²) in [6.45, 7) is 10.4. The Morgan fingerprint density at radius 3 is 1.77 bits per heavy atom. The van der Waals surface area contributed by atoms with Crippen LogP contribution in [0, 0.1) is 5.92 Å². The Morgan fingerprint density at radius 1 is 1.00 bits per heavy atom. The second kappa shape index (κ2) is 7.37. The Hall–Kier alpha value is -0.0400. The molecule has 0 aromatic rings. The molecule has 0 saturated carbocycles. The summed E-state index contributed by atoms with van der Waals surface area (Å²) in [4.78, 5) is 2.47. The fourth-order valence-electron chi connectivity index (χ4n) is 1.76. The Labute approximate surface area is 84.5 Å². The van der Waals surface area contributed by atoms with Crippen LogP contribution in [0.25, 0.3) is 0 Å². The number of rotatable bonds is 7. The van der Waals surface area contributed by atoms with Gasteiger partial charge in [0.1, 0.15) is 0 Å². The van der Waals surface area contributed by atoms with Crippen LogP contribution in [0.2, 0.25) is 0 Å². The second-order valence-corrected chi connectivity index (χ2v) is 4.48. The highest BCUT2D eigenvalue weighted by atomic mass is 15.1.